The number of hydrogen-bond acceptors (Lipinski definition) is 5. The molecule has 0 fully saturated rings. The van der Waals surface area contributed by atoms with Crippen molar-refractivity contribution in [1.82, 2.24) is 20.3 Å². The third kappa shape index (κ3) is 6.48. The predicted octanol–water partition coefficient (Wildman–Crippen LogP) is 6.67. The summed E-state index contributed by atoms with van der Waals surface area (Å²) in [5.41, 5.74) is 5.58. The number of halogens is 1. The summed E-state index contributed by atoms with van der Waals surface area (Å²) in [4.78, 5) is 0. The number of benzene rings is 3. The van der Waals surface area contributed by atoms with Gasteiger partial charge in [0.25, 0.3) is 0 Å². The Bertz CT molecular complexity index is 1410. The Morgan fingerprint density at radius 3 is 2.29 bits per heavy atom. The van der Waals surface area contributed by atoms with Crippen LogP contribution in [0.15, 0.2) is 85.2 Å². The molecular formula is C31H31IN6. The van der Waals surface area contributed by atoms with Crippen molar-refractivity contribution in [3.05, 3.63) is 113 Å². The summed E-state index contributed by atoms with van der Waals surface area (Å²) < 4.78 is 2.69. The van der Waals surface area contributed by atoms with Crippen molar-refractivity contribution < 1.29 is 0 Å². The lowest BCUT2D eigenvalue weighted by Crippen LogP contribution is -2.42. The van der Waals surface area contributed by atoms with Gasteiger partial charge >= 0.3 is 0 Å². The maximum Gasteiger partial charge on any atom is 0.0991 e. The number of hydrogen-bond donors (Lipinski definition) is 1. The minimum Gasteiger partial charge on any atom is -0.305 e. The molecule has 1 unspecified atom stereocenters. The second kappa shape index (κ2) is 12.3. The summed E-state index contributed by atoms with van der Waals surface area (Å²) in [5, 5.41) is 31.4. The summed E-state index contributed by atoms with van der Waals surface area (Å²) in [6, 6.07) is 29.3. The van der Waals surface area contributed by atoms with Crippen molar-refractivity contribution in [3.63, 3.8) is 0 Å². The number of nitrogens with one attached hydrogen (secondary N) is 1. The van der Waals surface area contributed by atoms with E-state index in [0.29, 0.717) is 5.56 Å². The summed E-state index contributed by atoms with van der Waals surface area (Å²) >= 11 is 2.38. The lowest BCUT2D eigenvalue weighted by molar-refractivity contribution is 0.281. The Balaban J connectivity index is 1.66. The Kier molecular flexibility index (Phi) is 8.93. The van der Waals surface area contributed by atoms with Crippen molar-refractivity contribution >= 4 is 22.6 Å². The summed E-state index contributed by atoms with van der Waals surface area (Å²) in [6.07, 6.45) is 4.27. The molecule has 3 atom stereocenters. The lowest BCUT2D eigenvalue weighted by Gasteiger charge is -2.36. The molecular weight excluding hydrogens is 583 g/mol. The Morgan fingerprint density at radius 2 is 1.68 bits per heavy atom. The highest BCUT2D eigenvalue weighted by Gasteiger charge is 2.34. The van der Waals surface area contributed by atoms with E-state index in [2.05, 4.69) is 99.7 Å². The van der Waals surface area contributed by atoms with Gasteiger partial charge in [0, 0.05) is 16.4 Å². The van der Waals surface area contributed by atoms with Crippen LogP contribution in [0.1, 0.15) is 60.5 Å². The van der Waals surface area contributed by atoms with E-state index in [4.69, 9.17) is 0 Å². The molecule has 0 bridgehead atoms. The van der Waals surface area contributed by atoms with Crippen LogP contribution in [0.2, 0.25) is 0 Å². The van der Waals surface area contributed by atoms with Gasteiger partial charge in [-0.2, -0.15) is 10.5 Å². The Morgan fingerprint density at radius 1 is 0.974 bits per heavy atom. The van der Waals surface area contributed by atoms with Crippen LogP contribution in [-0.2, 0) is 10.8 Å². The second-order valence-electron chi connectivity index (χ2n) is 10.2. The summed E-state index contributed by atoms with van der Waals surface area (Å²) in [6.45, 7) is 6.11. The van der Waals surface area contributed by atoms with E-state index in [1.165, 1.54) is 11.1 Å². The molecule has 4 rings (SSSR count). The zero-order valence-corrected chi connectivity index (χ0v) is 24.0. The van der Waals surface area contributed by atoms with Gasteiger partial charge in [0.15, 0.2) is 0 Å². The van der Waals surface area contributed by atoms with E-state index in [1.807, 2.05) is 44.2 Å². The third-order valence-electron chi connectivity index (χ3n) is 7.03. The fourth-order valence-corrected chi connectivity index (χ4v) is 5.28. The molecule has 4 aromatic rings. The fraction of sp³-hybridized carbons (Fsp3) is 0.290. The third-order valence-corrected chi connectivity index (χ3v) is 7.91. The second-order valence-corrected chi connectivity index (χ2v) is 10.9. The van der Waals surface area contributed by atoms with Crippen LogP contribution >= 0.6 is 22.6 Å². The first-order chi connectivity index (χ1) is 18.3. The maximum atomic E-state index is 10.1. The Labute approximate surface area is 238 Å². The highest BCUT2D eigenvalue weighted by atomic mass is 127. The molecule has 0 radical (unpaired) electrons. The number of alkyl halides is 1. The van der Waals surface area contributed by atoms with Crippen molar-refractivity contribution in [3.8, 4) is 17.8 Å². The van der Waals surface area contributed by atoms with Gasteiger partial charge in [0.2, 0.25) is 0 Å². The number of nitrogens with zero attached hydrogens (tertiary/aromatic N) is 5. The van der Waals surface area contributed by atoms with Crippen LogP contribution in [0.4, 0.5) is 0 Å². The molecule has 0 amide bonds. The van der Waals surface area contributed by atoms with E-state index < -0.39 is 5.41 Å². The van der Waals surface area contributed by atoms with Crippen LogP contribution in [0.5, 0.6) is 0 Å². The van der Waals surface area contributed by atoms with Gasteiger partial charge in [-0.05, 0) is 73.7 Å². The highest BCUT2D eigenvalue weighted by Crippen LogP contribution is 2.36. The molecule has 0 spiro atoms. The molecule has 7 heteroatoms. The van der Waals surface area contributed by atoms with Gasteiger partial charge in [-0.25, -0.2) is 4.68 Å². The Hall–Kier alpha value is -3.53. The first kappa shape index (κ1) is 27.5. The van der Waals surface area contributed by atoms with E-state index in [0.717, 1.165) is 27.7 Å². The molecule has 0 aliphatic carbocycles. The molecule has 38 heavy (non-hydrogen) atoms. The highest BCUT2D eigenvalue weighted by molar-refractivity contribution is 14.1. The van der Waals surface area contributed by atoms with Crippen LogP contribution in [0, 0.1) is 28.1 Å². The van der Waals surface area contributed by atoms with Crippen molar-refractivity contribution in [2.24, 2.45) is 5.41 Å². The minimum absolute atomic E-state index is 0.0146. The van der Waals surface area contributed by atoms with Gasteiger partial charge in [-0.1, -0.05) is 76.3 Å². The first-order valence-electron chi connectivity index (χ1n) is 12.6. The van der Waals surface area contributed by atoms with Crippen molar-refractivity contribution in [2.45, 2.75) is 49.6 Å². The molecule has 3 aromatic carbocycles. The average Bonchev–Trinajstić information content (AvgIpc) is 3.50. The van der Waals surface area contributed by atoms with Crippen LogP contribution in [-0.4, -0.2) is 21.0 Å². The van der Waals surface area contributed by atoms with E-state index in [-0.39, 0.29) is 18.0 Å². The normalized spacial score (nSPS) is 13.7. The number of aromatic nitrogens is 3. The molecule has 0 aliphatic rings. The zero-order chi connectivity index (χ0) is 27.1. The number of rotatable bonds is 10. The molecule has 0 saturated carbocycles. The summed E-state index contributed by atoms with van der Waals surface area (Å²) in [7, 11) is 0. The molecule has 0 aliphatic heterocycles. The molecule has 1 heterocycles. The van der Waals surface area contributed by atoms with E-state index >= 15 is 0 Å². The van der Waals surface area contributed by atoms with Gasteiger partial charge in [0.05, 0.1) is 47.2 Å². The predicted molar refractivity (Wildman–Crippen MR) is 158 cm³/mol. The zero-order valence-electron chi connectivity index (χ0n) is 21.8. The molecule has 6 nitrogen and oxygen atoms in total. The largest absolute Gasteiger partial charge is 0.305 e. The first-order valence-corrected chi connectivity index (χ1v) is 14.1. The van der Waals surface area contributed by atoms with E-state index in [9.17, 15) is 10.5 Å². The maximum absolute atomic E-state index is 10.1. The molecule has 1 aromatic heterocycles. The van der Waals surface area contributed by atoms with Crippen LogP contribution in [0.3, 0.4) is 0 Å². The van der Waals surface area contributed by atoms with Gasteiger partial charge in [0.1, 0.15) is 0 Å². The lowest BCUT2D eigenvalue weighted by atomic mass is 9.79. The van der Waals surface area contributed by atoms with Crippen LogP contribution in [0.25, 0.3) is 5.69 Å². The van der Waals surface area contributed by atoms with E-state index in [1.54, 1.807) is 17.1 Å². The standard InChI is InChI=1S/C31H31IN6/c1-22(29(27-6-4-5-25(17-27)20-33)18-23-7-9-24(19-32)10-8-23)36-30(31(2,3)21-34)26-11-13-28(14-12-26)38-16-15-35-37-38/h4-17,22,29-30,36H,18-19H2,1-3H3/t22-,29+,30?/m0/s1. The minimum atomic E-state index is -0.663. The van der Waals surface area contributed by atoms with Crippen LogP contribution < -0.4 is 5.32 Å². The van der Waals surface area contributed by atoms with Gasteiger partial charge in [-0.15, -0.1) is 5.10 Å². The van der Waals surface area contributed by atoms with Gasteiger partial charge < -0.3 is 5.32 Å². The fourth-order valence-electron chi connectivity index (χ4n) is 4.77. The van der Waals surface area contributed by atoms with Crippen molar-refractivity contribution in [1.29, 1.82) is 10.5 Å². The van der Waals surface area contributed by atoms with Crippen molar-refractivity contribution in [2.75, 3.05) is 0 Å². The molecule has 1 N–H and O–H groups in total. The smallest absolute Gasteiger partial charge is 0.0991 e. The molecule has 0 saturated heterocycles. The summed E-state index contributed by atoms with van der Waals surface area (Å²) in [5.74, 6) is 0.0974. The quantitative estimate of drug-likeness (QED) is 0.159. The molecule has 192 valence electrons. The van der Waals surface area contributed by atoms with Gasteiger partial charge in [-0.3, -0.25) is 0 Å². The monoisotopic (exact) mass is 614 g/mol. The topological polar surface area (TPSA) is 90.3 Å². The number of nitriles is 2. The SMILES string of the molecule is C[C@H](NC(c1ccc(-n2ccnn2)cc1)C(C)(C)C#N)[C@@H](Cc1ccc(CI)cc1)c1cccc(C#N)c1. The average molecular weight is 615 g/mol.